The average molecular weight is 503 g/mol. The van der Waals surface area contributed by atoms with Crippen LogP contribution in [0.4, 0.5) is 0 Å². The summed E-state index contributed by atoms with van der Waals surface area (Å²) in [6, 6.07) is 14.8. The Kier molecular flexibility index (Phi) is 7.51. The summed E-state index contributed by atoms with van der Waals surface area (Å²) in [6.45, 7) is 2.31. The number of hydrogen-bond acceptors (Lipinski definition) is 3. The highest BCUT2D eigenvalue weighted by Crippen LogP contribution is 2.25. The second kappa shape index (κ2) is 10.3. The standard InChI is InChI=1S/C22H25N5O.HI/c1-23-22(25-10-8-17-6-7-21-18(14-17)9-13-28-21)26-15-19-4-2-3-5-20(19)27-12-11-24-16-27;/h2-7,11-12,14,16H,8-10,13,15H2,1H3,(H2,23,25,26);1H. The number of imidazole rings is 1. The number of halogens is 1. The van der Waals surface area contributed by atoms with E-state index < -0.39 is 0 Å². The van der Waals surface area contributed by atoms with Gasteiger partial charge in [0.2, 0.25) is 0 Å². The molecule has 0 spiro atoms. The van der Waals surface area contributed by atoms with Crippen molar-refractivity contribution in [3.8, 4) is 11.4 Å². The highest BCUT2D eigenvalue weighted by Gasteiger charge is 2.12. The smallest absolute Gasteiger partial charge is 0.191 e. The second-order valence-corrected chi connectivity index (χ2v) is 6.74. The molecule has 0 fully saturated rings. The quantitative estimate of drug-likeness (QED) is 0.308. The number of nitrogens with zero attached hydrogens (tertiary/aromatic N) is 3. The largest absolute Gasteiger partial charge is 0.493 e. The van der Waals surface area contributed by atoms with Gasteiger partial charge in [0, 0.05) is 39.0 Å². The molecule has 0 saturated heterocycles. The van der Waals surface area contributed by atoms with Gasteiger partial charge in [0.15, 0.2) is 5.96 Å². The van der Waals surface area contributed by atoms with Crippen LogP contribution < -0.4 is 15.4 Å². The summed E-state index contributed by atoms with van der Waals surface area (Å²) in [5, 5.41) is 6.80. The van der Waals surface area contributed by atoms with E-state index in [9.17, 15) is 0 Å². The van der Waals surface area contributed by atoms with Crippen molar-refractivity contribution < 1.29 is 4.74 Å². The van der Waals surface area contributed by atoms with Crippen LogP contribution in [0.3, 0.4) is 0 Å². The van der Waals surface area contributed by atoms with Gasteiger partial charge in [-0.05, 0) is 35.2 Å². The first-order valence-corrected chi connectivity index (χ1v) is 9.59. The molecule has 29 heavy (non-hydrogen) atoms. The Morgan fingerprint density at radius 1 is 1.21 bits per heavy atom. The van der Waals surface area contributed by atoms with Crippen molar-refractivity contribution in [1.29, 1.82) is 0 Å². The minimum atomic E-state index is 0. The van der Waals surface area contributed by atoms with E-state index >= 15 is 0 Å². The normalized spacial score (nSPS) is 12.7. The summed E-state index contributed by atoms with van der Waals surface area (Å²) in [5.41, 5.74) is 4.93. The summed E-state index contributed by atoms with van der Waals surface area (Å²) < 4.78 is 7.59. The van der Waals surface area contributed by atoms with Crippen molar-refractivity contribution >= 4 is 29.9 Å². The number of hydrogen-bond donors (Lipinski definition) is 2. The van der Waals surface area contributed by atoms with Gasteiger partial charge in [-0.2, -0.15) is 0 Å². The Hall–Kier alpha value is -2.55. The molecule has 2 N–H and O–H groups in total. The van der Waals surface area contributed by atoms with Crippen molar-refractivity contribution in [3.05, 3.63) is 77.9 Å². The molecule has 2 heterocycles. The molecule has 1 aliphatic rings. The molecule has 0 saturated carbocycles. The Morgan fingerprint density at radius 3 is 2.93 bits per heavy atom. The molecule has 1 aromatic heterocycles. The van der Waals surface area contributed by atoms with Crippen LogP contribution in [0.2, 0.25) is 0 Å². The van der Waals surface area contributed by atoms with Crippen molar-refractivity contribution in [3.63, 3.8) is 0 Å². The van der Waals surface area contributed by atoms with Gasteiger partial charge in [-0.3, -0.25) is 4.99 Å². The van der Waals surface area contributed by atoms with Crippen LogP contribution in [0.1, 0.15) is 16.7 Å². The number of aromatic nitrogens is 2. The van der Waals surface area contributed by atoms with Gasteiger partial charge in [-0.1, -0.05) is 30.3 Å². The molecular formula is C22H26IN5O. The average Bonchev–Trinajstić information content (AvgIpc) is 3.42. The number of nitrogens with one attached hydrogen (secondary N) is 2. The molecule has 0 atom stereocenters. The van der Waals surface area contributed by atoms with Crippen LogP contribution in [0.15, 0.2) is 66.2 Å². The predicted octanol–water partition coefficient (Wildman–Crippen LogP) is 3.33. The zero-order chi connectivity index (χ0) is 19.2. The Balaban J connectivity index is 0.00000240. The van der Waals surface area contributed by atoms with Gasteiger partial charge in [0.1, 0.15) is 5.75 Å². The predicted molar refractivity (Wildman–Crippen MR) is 127 cm³/mol. The first-order chi connectivity index (χ1) is 13.8. The number of aliphatic imine (C=N–C) groups is 1. The van der Waals surface area contributed by atoms with E-state index in [1.165, 1.54) is 16.7 Å². The lowest BCUT2D eigenvalue weighted by atomic mass is 10.1. The van der Waals surface area contributed by atoms with Gasteiger partial charge in [0.05, 0.1) is 18.6 Å². The molecule has 1 aliphatic heterocycles. The van der Waals surface area contributed by atoms with Gasteiger partial charge in [-0.25, -0.2) is 4.98 Å². The summed E-state index contributed by atoms with van der Waals surface area (Å²) >= 11 is 0. The highest BCUT2D eigenvalue weighted by atomic mass is 127. The molecule has 0 aliphatic carbocycles. The van der Waals surface area contributed by atoms with Crippen LogP contribution in [0.5, 0.6) is 5.75 Å². The number of fused-ring (bicyclic) bond motifs is 1. The zero-order valence-corrected chi connectivity index (χ0v) is 18.8. The molecule has 152 valence electrons. The van der Waals surface area contributed by atoms with Gasteiger partial charge in [-0.15, -0.1) is 24.0 Å². The van der Waals surface area contributed by atoms with E-state index in [2.05, 4.69) is 50.9 Å². The molecule has 6 nitrogen and oxygen atoms in total. The molecule has 0 bridgehead atoms. The minimum Gasteiger partial charge on any atom is -0.493 e. The Labute approximate surface area is 188 Å². The number of benzene rings is 2. The van der Waals surface area contributed by atoms with Gasteiger partial charge >= 0.3 is 0 Å². The van der Waals surface area contributed by atoms with Crippen molar-refractivity contribution in [2.75, 3.05) is 20.2 Å². The molecular weight excluding hydrogens is 477 g/mol. The molecule has 0 radical (unpaired) electrons. The molecule has 0 unspecified atom stereocenters. The number of ether oxygens (including phenoxy) is 1. The molecule has 7 heteroatoms. The summed E-state index contributed by atoms with van der Waals surface area (Å²) in [5.74, 6) is 1.83. The van der Waals surface area contributed by atoms with Crippen LogP contribution in [0, 0.1) is 0 Å². The maximum absolute atomic E-state index is 5.57. The van der Waals surface area contributed by atoms with E-state index in [0.717, 1.165) is 43.4 Å². The van der Waals surface area contributed by atoms with Gasteiger partial charge < -0.3 is 19.9 Å². The SMILES string of the molecule is CN=C(NCCc1ccc2c(c1)CCO2)NCc1ccccc1-n1ccnc1.I. The summed E-state index contributed by atoms with van der Waals surface area (Å²) in [6.07, 6.45) is 7.51. The molecule has 4 rings (SSSR count). The molecule has 0 amide bonds. The summed E-state index contributed by atoms with van der Waals surface area (Å²) in [4.78, 5) is 8.48. The first-order valence-electron chi connectivity index (χ1n) is 9.59. The Morgan fingerprint density at radius 2 is 2.10 bits per heavy atom. The van der Waals surface area contributed by atoms with Crippen molar-refractivity contribution in [2.24, 2.45) is 4.99 Å². The second-order valence-electron chi connectivity index (χ2n) is 6.74. The van der Waals surface area contributed by atoms with E-state index in [1.54, 1.807) is 13.2 Å². The Bertz CT molecular complexity index is 956. The van der Waals surface area contributed by atoms with E-state index in [-0.39, 0.29) is 24.0 Å². The monoisotopic (exact) mass is 503 g/mol. The first kappa shape index (κ1) is 21.2. The fourth-order valence-electron chi connectivity index (χ4n) is 3.43. The third-order valence-electron chi connectivity index (χ3n) is 4.90. The lowest BCUT2D eigenvalue weighted by molar-refractivity contribution is 0.357. The van der Waals surface area contributed by atoms with Crippen LogP contribution in [-0.2, 0) is 19.4 Å². The molecule has 3 aromatic rings. The summed E-state index contributed by atoms with van der Waals surface area (Å²) in [7, 11) is 1.80. The molecule has 2 aromatic carbocycles. The highest BCUT2D eigenvalue weighted by molar-refractivity contribution is 14.0. The van der Waals surface area contributed by atoms with Crippen LogP contribution in [-0.4, -0.2) is 35.7 Å². The zero-order valence-electron chi connectivity index (χ0n) is 16.5. The van der Waals surface area contributed by atoms with Crippen molar-refractivity contribution in [2.45, 2.75) is 19.4 Å². The van der Waals surface area contributed by atoms with Crippen LogP contribution in [0.25, 0.3) is 5.69 Å². The third kappa shape index (κ3) is 5.29. The fraction of sp³-hybridized carbons (Fsp3) is 0.273. The maximum atomic E-state index is 5.57. The van der Waals surface area contributed by atoms with Crippen molar-refractivity contribution in [1.82, 2.24) is 20.2 Å². The van der Waals surface area contributed by atoms with Crippen LogP contribution >= 0.6 is 24.0 Å². The van der Waals surface area contributed by atoms with E-state index in [0.29, 0.717) is 6.54 Å². The van der Waals surface area contributed by atoms with Gasteiger partial charge in [0.25, 0.3) is 0 Å². The number of guanidine groups is 1. The lowest BCUT2D eigenvalue weighted by Crippen LogP contribution is -2.38. The van der Waals surface area contributed by atoms with E-state index in [4.69, 9.17) is 4.74 Å². The van der Waals surface area contributed by atoms with E-state index in [1.807, 2.05) is 29.2 Å². The number of para-hydroxylation sites is 1. The maximum Gasteiger partial charge on any atom is 0.191 e. The fourth-order valence-corrected chi connectivity index (χ4v) is 3.43. The topological polar surface area (TPSA) is 63.5 Å². The third-order valence-corrected chi connectivity index (χ3v) is 4.90. The minimum absolute atomic E-state index is 0. The lowest BCUT2D eigenvalue weighted by Gasteiger charge is -2.14. The number of rotatable bonds is 6.